The lowest BCUT2D eigenvalue weighted by Gasteiger charge is -2.05. The number of methoxy groups -OCH3 is 1. The number of aromatic amines is 1. The lowest BCUT2D eigenvalue weighted by molar-refractivity contribution is 0.0600. The van der Waals surface area contributed by atoms with E-state index < -0.39 is 5.97 Å². The molecule has 0 bridgehead atoms. The van der Waals surface area contributed by atoms with Crippen LogP contribution in [-0.2, 0) is 4.74 Å². The van der Waals surface area contributed by atoms with Gasteiger partial charge in [-0.15, -0.1) is 0 Å². The first kappa shape index (κ1) is 13.9. The summed E-state index contributed by atoms with van der Waals surface area (Å²) in [5, 5.41) is 2.79. The summed E-state index contributed by atoms with van der Waals surface area (Å²) >= 11 is 0. The Hall–Kier alpha value is -2.56. The molecule has 1 heterocycles. The van der Waals surface area contributed by atoms with Gasteiger partial charge < -0.3 is 15.0 Å². The zero-order chi connectivity index (χ0) is 14.7. The van der Waals surface area contributed by atoms with Gasteiger partial charge in [0, 0.05) is 17.1 Å². The summed E-state index contributed by atoms with van der Waals surface area (Å²) in [6.45, 7) is 3.75. The highest BCUT2D eigenvalue weighted by Gasteiger charge is 2.12. The minimum atomic E-state index is -0.403. The number of aromatic nitrogens is 1. The molecule has 1 aromatic heterocycles. The maximum atomic E-state index is 12.1. The molecule has 1 aromatic carbocycles. The van der Waals surface area contributed by atoms with Crippen LogP contribution in [-0.4, -0.2) is 24.0 Å². The summed E-state index contributed by atoms with van der Waals surface area (Å²) < 4.78 is 4.61. The number of benzene rings is 1. The monoisotopic (exact) mass is 272 g/mol. The van der Waals surface area contributed by atoms with E-state index in [1.807, 2.05) is 13.8 Å². The zero-order valence-corrected chi connectivity index (χ0v) is 11.6. The Morgan fingerprint density at radius 3 is 2.30 bits per heavy atom. The number of amides is 1. The standard InChI is InChI=1S/C15H16N2O3/c1-9-8-13(10(2)16-9)14(18)17-12-6-4-11(5-7-12)15(19)20-3/h4-8,16H,1-3H3,(H,17,18). The Bertz CT molecular complexity index is 642. The van der Waals surface area contributed by atoms with Gasteiger partial charge in [-0.1, -0.05) is 0 Å². The first-order chi connectivity index (χ1) is 9.51. The van der Waals surface area contributed by atoms with Crippen molar-refractivity contribution in [3.8, 4) is 0 Å². The number of ether oxygens (including phenoxy) is 1. The molecule has 1 amide bonds. The predicted molar refractivity (Wildman–Crippen MR) is 76.0 cm³/mol. The summed E-state index contributed by atoms with van der Waals surface area (Å²) in [5.74, 6) is -0.586. The highest BCUT2D eigenvalue weighted by molar-refractivity contribution is 6.05. The molecule has 0 saturated carbocycles. The largest absolute Gasteiger partial charge is 0.465 e. The highest BCUT2D eigenvalue weighted by Crippen LogP contribution is 2.14. The third kappa shape index (κ3) is 2.88. The van der Waals surface area contributed by atoms with E-state index in [2.05, 4.69) is 15.0 Å². The molecule has 0 aliphatic rings. The lowest BCUT2D eigenvalue weighted by Crippen LogP contribution is -2.12. The van der Waals surface area contributed by atoms with E-state index in [9.17, 15) is 9.59 Å². The number of carbonyl (C=O) groups excluding carboxylic acids is 2. The number of rotatable bonds is 3. The summed E-state index contributed by atoms with van der Waals surface area (Å²) in [5.41, 5.74) is 3.44. The second kappa shape index (κ2) is 5.61. The fraction of sp³-hybridized carbons (Fsp3) is 0.200. The van der Waals surface area contributed by atoms with E-state index in [0.717, 1.165) is 11.4 Å². The van der Waals surface area contributed by atoms with Crippen LogP contribution in [0.4, 0.5) is 5.69 Å². The maximum absolute atomic E-state index is 12.1. The van der Waals surface area contributed by atoms with Crippen molar-refractivity contribution in [1.29, 1.82) is 0 Å². The molecule has 0 spiro atoms. The molecule has 0 aliphatic carbocycles. The molecular weight excluding hydrogens is 256 g/mol. The van der Waals surface area contributed by atoms with Crippen LogP contribution in [0.3, 0.4) is 0 Å². The molecule has 2 aromatic rings. The Morgan fingerprint density at radius 1 is 1.15 bits per heavy atom. The van der Waals surface area contributed by atoms with Gasteiger partial charge >= 0.3 is 5.97 Å². The molecule has 2 N–H and O–H groups in total. The molecular formula is C15H16N2O3. The van der Waals surface area contributed by atoms with Crippen molar-refractivity contribution < 1.29 is 14.3 Å². The molecule has 0 fully saturated rings. The molecule has 0 atom stereocenters. The van der Waals surface area contributed by atoms with Gasteiger partial charge in [-0.3, -0.25) is 4.79 Å². The second-order valence-corrected chi connectivity index (χ2v) is 4.51. The van der Waals surface area contributed by atoms with Crippen LogP contribution in [0.25, 0.3) is 0 Å². The van der Waals surface area contributed by atoms with Crippen LogP contribution >= 0.6 is 0 Å². The number of esters is 1. The third-order valence-electron chi connectivity index (χ3n) is 2.96. The van der Waals surface area contributed by atoms with E-state index in [4.69, 9.17) is 0 Å². The quantitative estimate of drug-likeness (QED) is 0.844. The summed E-state index contributed by atoms with van der Waals surface area (Å²) in [6, 6.07) is 8.35. The van der Waals surface area contributed by atoms with E-state index in [1.165, 1.54) is 7.11 Å². The molecule has 5 nitrogen and oxygen atoms in total. The SMILES string of the molecule is COC(=O)c1ccc(NC(=O)c2cc(C)[nH]c2C)cc1. The van der Waals surface area contributed by atoms with Gasteiger partial charge in [-0.2, -0.15) is 0 Å². The van der Waals surface area contributed by atoms with Crippen molar-refractivity contribution in [1.82, 2.24) is 4.98 Å². The third-order valence-corrected chi connectivity index (χ3v) is 2.96. The number of nitrogens with one attached hydrogen (secondary N) is 2. The highest BCUT2D eigenvalue weighted by atomic mass is 16.5. The number of hydrogen-bond acceptors (Lipinski definition) is 3. The minimum Gasteiger partial charge on any atom is -0.465 e. The van der Waals surface area contributed by atoms with Crippen LogP contribution in [0.5, 0.6) is 0 Å². The van der Waals surface area contributed by atoms with Crippen molar-refractivity contribution in [2.45, 2.75) is 13.8 Å². The fourth-order valence-electron chi connectivity index (χ4n) is 1.97. The summed E-state index contributed by atoms with van der Waals surface area (Å²) in [4.78, 5) is 26.5. The van der Waals surface area contributed by atoms with Crippen LogP contribution < -0.4 is 5.32 Å². The average molecular weight is 272 g/mol. The van der Waals surface area contributed by atoms with E-state index in [-0.39, 0.29) is 5.91 Å². The van der Waals surface area contributed by atoms with Gasteiger partial charge in [-0.25, -0.2) is 4.79 Å². The number of H-pyrrole nitrogens is 1. The molecule has 2 rings (SSSR count). The first-order valence-electron chi connectivity index (χ1n) is 6.17. The van der Waals surface area contributed by atoms with Crippen molar-refractivity contribution in [3.05, 3.63) is 52.8 Å². The van der Waals surface area contributed by atoms with Crippen molar-refractivity contribution >= 4 is 17.6 Å². The van der Waals surface area contributed by atoms with Crippen LogP contribution in [0.2, 0.25) is 0 Å². The molecule has 0 saturated heterocycles. The minimum absolute atomic E-state index is 0.183. The molecule has 5 heteroatoms. The van der Waals surface area contributed by atoms with Gasteiger partial charge in [0.15, 0.2) is 0 Å². The second-order valence-electron chi connectivity index (χ2n) is 4.51. The number of carbonyl (C=O) groups is 2. The average Bonchev–Trinajstić information content (AvgIpc) is 2.78. The van der Waals surface area contributed by atoms with Crippen molar-refractivity contribution in [3.63, 3.8) is 0 Å². The normalized spacial score (nSPS) is 10.2. The molecule has 0 unspecified atom stereocenters. The van der Waals surface area contributed by atoms with Gasteiger partial charge in [0.2, 0.25) is 0 Å². The zero-order valence-electron chi connectivity index (χ0n) is 11.6. The number of anilines is 1. The summed E-state index contributed by atoms with van der Waals surface area (Å²) in [7, 11) is 1.33. The van der Waals surface area contributed by atoms with Gasteiger partial charge in [-0.05, 0) is 44.2 Å². The molecule has 20 heavy (non-hydrogen) atoms. The number of aryl methyl sites for hydroxylation is 2. The first-order valence-corrected chi connectivity index (χ1v) is 6.17. The van der Waals surface area contributed by atoms with E-state index >= 15 is 0 Å². The van der Waals surface area contributed by atoms with Crippen molar-refractivity contribution in [2.75, 3.05) is 12.4 Å². The Labute approximate surface area is 117 Å². The molecule has 104 valence electrons. The van der Waals surface area contributed by atoms with Gasteiger partial charge in [0.25, 0.3) is 5.91 Å². The Balaban J connectivity index is 2.12. The van der Waals surface area contributed by atoms with E-state index in [0.29, 0.717) is 16.8 Å². The number of hydrogen-bond donors (Lipinski definition) is 2. The summed E-state index contributed by atoms with van der Waals surface area (Å²) in [6.07, 6.45) is 0. The topological polar surface area (TPSA) is 71.2 Å². The van der Waals surface area contributed by atoms with Crippen molar-refractivity contribution in [2.24, 2.45) is 0 Å². The Morgan fingerprint density at radius 2 is 1.80 bits per heavy atom. The van der Waals surface area contributed by atoms with Gasteiger partial charge in [0.1, 0.15) is 0 Å². The lowest BCUT2D eigenvalue weighted by atomic mass is 10.2. The van der Waals surface area contributed by atoms with Crippen LogP contribution in [0, 0.1) is 13.8 Å². The molecule has 0 aliphatic heterocycles. The molecule has 0 radical (unpaired) electrons. The maximum Gasteiger partial charge on any atom is 0.337 e. The Kier molecular flexibility index (Phi) is 3.89. The smallest absolute Gasteiger partial charge is 0.337 e. The fourth-order valence-corrected chi connectivity index (χ4v) is 1.97. The van der Waals surface area contributed by atoms with Gasteiger partial charge in [0.05, 0.1) is 18.2 Å². The van der Waals surface area contributed by atoms with Crippen LogP contribution in [0.1, 0.15) is 32.1 Å². The predicted octanol–water partition coefficient (Wildman–Crippen LogP) is 2.67. The van der Waals surface area contributed by atoms with E-state index in [1.54, 1.807) is 30.3 Å². The van der Waals surface area contributed by atoms with Crippen LogP contribution in [0.15, 0.2) is 30.3 Å².